The van der Waals surface area contributed by atoms with Crippen molar-refractivity contribution in [2.45, 2.75) is 38.2 Å². The number of benzene rings is 3. The Balaban J connectivity index is 1.68. The Kier molecular flexibility index (Phi) is 7.15. The Morgan fingerprint density at radius 3 is 2.25 bits per heavy atom. The zero-order valence-electron chi connectivity index (χ0n) is 18.1. The Hall–Kier alpha value is -3.39. The molecule has 3 aromatic carbocycles. The summed E-state index contributed by atoms with van der Waals surface area (Å²) in [7, 11) is -3.78. The molecule has 0 spiro atoms. The molecule has 0 aromatic heterocycles. The van der Waals surface area contributed by atoms with Crippen LogP contribution < -0.4 is 14.8 Å². The summed E-state index contributed by atoms with van der Waals surface area (Å²) in [5, 5.41) is 2.67. The highest BCUT2D eigenvalue weighted by Crippen LogP contribution is 2.22. The number of amides is 1. The maximum atomic E-state index is 13.8. The van der Waals surface area contributed by atoms with Gasteiger partial charge in [-0.3, -0.25) is 9.52 Å². The molecule has 0 radical (unpaired) electrons. The third-order valence-electron chi connectivity index (χ3n) is 4.96. The molecule has 0 aliphatic heterocycles. The van der Waals surface area contributed by atoms with Gasteiger partial charge in [0.2, 0.25) is 0 Å². The third kappa shape index (κ3) is 5.64. The van der Waals surface area contributed by atoms with Gasteiger partial charge >= 0.3 is 0 Å². The van der Waals surface area contributed by atoms with E-state index in [-0.39, 0.29) is 10.6 Å². The summed E-state index contributed by atoms with van der Waals surface area (Å²) in [5.74, 6) is -1.02. The van der Waals surface area contributed by atoms with Crippen molar-refractivity contribution in [2.75, 3.05) is 10.0 Å². The molecule has 2 N–H and O–H groups in total. The Labute approximate surface area is 187 Å². The van der Waals surface area contributed by atoms with Crippen LogP contribution in [0.4, 0.5) is 15.8 Å². The molecule has 0 heterocycles. The van der Waals surface area contributed by atoms with Gasteiger partial charge in [0.25, 0.3) is 15.9 Å². The molecule has 3 rings (SSSR count). The van der Waals surface area contributed by atoms with Crippen molar-refractivity contribution in [1.82, 2.24) is 0 Å². The first kappa shape index (κ1) is 23.3. The van der Waals surface area contributed by atoms with E-state index < -0.39 is 27.9 Å². The summed E-state index contributed by atoms with van der Waals surface area (Å²) in [6.45, 7) is 5.61. The number of hydrogen-bond donors (Lipinski definition) is 2. The Morgan fingerprint density at radius 1 is 0.969 bits per heavy atom. The van der Waals surface area contributed by atoms with Gasteiger partial charge in [-0.25, -0.2) is 12.8 Å². The molecule has 0 bridgehead atoms. The van der Waals surface area contributed by atoms with Crippen molar-refractivity contribution in [1.29, 1.82) is 0 Å². The SMILES string of the molecule is CC[C@H](Oc1ccccc1F)C(=O)Nc1ccc(S(=O)(=O)Nc2ccc(C)c(C)c2)cc1. The van der Waals surface area contributed by atoms with E-state index in [4.69, 9.17) is 4.74 Å². The van der Waals surface area contributed by atoms with Crippen LogP contribution in [0.5, 0.6) is 5.75 Å². The quantitative estimate of drug-likeness (QED) is 0.497. The van der Waals surface area contributed by atoms with Crippen LogP contribution in [-0.4, -0.2) is 20.4 Å². The molecule has 32 heavy (non-hydrogen) atoms. The van der Waals surface area contributed by atoms with Crippen molar-refractivity contribution in [3.05, 3.63) is 83.7 Å². The summed E-state index contributed by atoms with van der Waals surface area (Å²) in [6.07, 6.45) is -0.575. The van der Waals surface area contributed by atoms with Gasteiger partial charge < -0.3 is 10.1 Å². The number of rotatable bonds is 8. The highest BCUT2D eigenvalue weighted by molar-refractivity contribution is 7.92. The molecule has 0 aliphatic carbocycles. The molecule has 1 atom stereocenters. The molecule has 0 aliphatic rings. The summed E-state index contributed by atoms with van der Waals surface area (Å²) in [5.41, 5.74) is 2.92. The van der Waals surface area contributed by atoms with Gasteiger partial charge in [0.15, 0.2) is 17.7 Å². The van der Waals surface area contributed by atoms with Gasteiger partial charge in [0.1, 0.15) is 0 Å². The van der Waals surface area contributed by atoms with Crippen LogP contribution in [0, 0.1) is 19.7 Å². The Bertz CT molecular complexity index is 1210. The topological polar surface area (TPSA) is 84.5 Å². The largest absolute Gasteiger partial charge is 0.478 e. The summed E-state index contributed by atoms with van der Waals surface area (Å²) >= 11 is 0. The first-order chi connectivity index (χ1) is 15.2. The third-order valence-corrected chi connectivity index (χ3v) is 6.36. The van der Waals surface area contributed by atoms with Crippen LogP contribution in [0.1, 0.15) is 24.5 Å². The number of anilines is 2. The fraction of sp³-hybridized carbons (Fsp3) is 0.208. The van der Waals surface area contributed by atoms with E-state index in [0.717, 1.165) is 11.1 Å². The minimum atomic E-state index is -3.78. The molecule has 6 nitrogen and oxygen atoms in total. The van der Waals surface area contributed by atoms with E-state index >= 15 is 0 Å². The molecule has 0 unspecified atom stereocenters. The lowest BCUT2D eigenvalue weighted by Crippen LogP contribution is -2.32. The molecule has 0 saturated carbocycles. The lowest BCUT2D eigenvalue weighted by molar-refractivity contribution is -0.122. The monoisotopic (exact) mass is 456 g/mol. The number of carbonyl (C=O) groups is 1. The van der Waals surface area contributed by atoms with Crippen LogP contribution in [0.25, 0.3) is 0 Å². The highest BCUT2D eigenvalue weighted by Gasteiger charge is 2.21. The second kappa shape index (κ2) is 9.82. The van der Waals surface area contributed by atoms with E-state index in [1.54, 1.807) is 25.1 Å². The first-order valence-corrected chi connectivity index (χ1v) is 11.6. The van der Waals surface area contributed by atoms with Crippen molar-refractivity contribution in [3.8, 4) is 5.75 Å². The van der Waals surface area contributed by atoms with Gasteiger partial charge in [0.05, 0.1) is 4.90 Å². The number of para-hydroxylation sites is 1. The van der Waals surface area contributed by atoms with Crippen LogP contribution in [-0.2, 0) is 14.8 Å². The van der Waals surface area contributed by atoms with Gasteiger partial charge in [0, 0.05) is 11.4 Å². The number of hydrogen-bond acceptors (Lipinski definition) is 4. The van der Waals surface area contributed by atoms with Crippen LogP contribution >= 0.6 is 0 Å². The standard InChI is InChI=1S/C24H25FN2O4S/c1-4-22(31-23-8-6-5-7-21(23)25)24(28)26-18-11-13-20(14-12-18)32(29,30)27-19-10-9-16(2)17(3)15-19/h5-15,22,27H,4H2,1-3H3,(H,26,28)/t22-/m0/s1. The van der Waals surface area contributed by atoms with Crippen molar-refractivity contribution >= 4 is 27.3 Å². The van der Waals surface area contributed by atoms with E-state index in [1.807, 2.05) is 19.9 Å². The predicted octanol–water partition coefficient (Wildman–Crippen LogP) is 5.04. The zero-order valence-corrected chi connectivity index (χ0v) is 18.9. The number of nitrogens with one attached hydrogen (secondary N) is 2. The molecular formula is C24H25FN2O4S. The maximum absolute atomic E-state index is 13.8. The average molecular weight is 457 g/mol. The Morgan fingerprint density at radius 2 is 1.62 bits per heavy atom. The highest BCUT2D eigenvalue weighted by atomic mass is 32.2. The summed E-state index contributed by atoms with van der Waals surface area (Å²) in [6, 6.07) is 17.0. The number of aryl methyl sites for hydroxylation is 2. The van der Waals surface area contributed by atoms with E-state index in [1.165, 1.54) is 42.5 Å². The average Bonchev–Trinajstić information content (AvgIpc) is 2.76. The molecular weight excluding hydrogens is 431 g/mol. The van der Waals surface area contributed by atoms with E-state index in [9.17, 15) is 17.6 Å². The number of carbonyl (C=O) groups excluding carboxylic acids is 1. The zero-order chi connectivity index (χ0) is 23.3. The number of halogens is 1. The van der Waals surface area contributed by atoms with Gasteiger partial charge in [-0.05, 0) is 79.9 Å². The van der Waals surface area contributed by atoms with E-state index in [0.29, 0.717) is 17.8 Å². The molecule has 1 amide bonds. The van der Waals surface area contributed by atoms with Crippen molar-refractivity contribution in [2.24, 2.45) is 0 Å². The lowest BCUT2D eigenvalue weighted by Gasteiger charge is -2.18. The van der Waals surface area contributed by atoms with Crippen LogP contribution in [0.3, 0.4) is 0 Å². The molecule has 168 valence electrons. The lowest BCUT2D eigenvalue weighted by atomic mass is 10.1. The van der Waals surface area contributed by atoms with Gasteiger partial charge in [-0.1, -0.05) is 25.1 Å². The summed E-state index contributed by atoms with van der Waals surface area (Å²) < 4.78 is 47.2. The second-order valence-corrected chi connectivity index (χ2v) is 9.05. The molecule has 8 heteroatoms. The number of sulfonamides is 1. The van der Waals surface area contributed by atoms with Gasteiger partial charge in [-0.15, -0.1) is 0 Å². The summed E-state index contributed by atoms with van der Waals surface area (Å²) in [4.78, 5) is 12.6. The maximum Gasteiger partial charge on any atom is 0.265 e. The smallest absolute Gasteiger partial charge is 0.265 e. The molecule has 0 saturated heterocycles. The van der Waals surface area contributed by atoms with E-state index in [2.05, 4.69) is 10.0 Å². The van der Waals surface area contributed by atoms with Crippen LogP contribution in [0.2, 0.25) is 0 Å². The predicted molar refractivity (Wildman–Crippen MR) is 123 cm³/mol. The minimum Gasteiger partial charge on any atom is -0.478 e. The molecule has 3 aromatic rings. The number of ether oxygens (including phenoxy) is 1. The second-order valence-electron chi connectivity index (χ2n) is 7.36. The fourth-order valence-electron chi connectivity index (χ4n) is 2.97. The normalized spacial score (nSPS) is 12.1. The first-order valence-electron chi connectivity index (χ1n) is 10.1. The molecule has 0 fully saturated rings. The van der Waals surface area contributed by atoms with Crippen molar-refractivity contribution < 1.29 is 22.3 Å². The van der Waals surface area contributed by atoms with Crippen LogP contribution in [0.15, 0.2) is 71.6 Å². The minimum absolute atomic E-state index is 0.00615. The fourth-order valence-corrected chi connectivity index (χ4v) is 4.02. The van der Waals surface area contributed by atoms with Crippen molar-refractivity contribution in [3.63, 3.8) is 0 Å². The van der Waals surface area contributed by atoms with Gasteiger partial charge in [-0.2, -0.15) is 0 Å².